The van der Waals surface area contributed by atoms with E-state index in [0.717, 1.165) is 55.9 Å². The standard InChI is InChI=1S/C24H37Cl2NO3/c1-6-20-16-21(28-15-12-23(25)26)17-22(18(2)3)24(20)29-13-10-8-7-9-11-14-30-27-19(4)5/h12,16-18H,6-11,13-15H2,1-5H3. The molecule has 0 spiro atoms. The number of unbranched alkanes of at least 4 members (excludes halogenated alkanes) is 4. The summed E-state index contributed by atoms with van der Waals surface area (Å²) in [5, 5.41) is 3.95. The van der Waals surface area contributed by atoms with Gasteiger partial charge >= 0.3 is 0 Å². The molecule has 0 heterocycles. The molecule has 0 fully saturated rings. The smallest absolute Gasteiger partial charge is 0.126 e. The van der Waals surface area contributed by atoms with Gasteiger partial charge in [-0.05, 0) is 69.2 Å². The van der Waals surface area contributed by atoms with Crippen molar-refractivity contribution in [2.45, 2.75) is 79.1 Å². The quantitative estimate of drug-likeness (QED) is 0.153. The van der Waals surface area contributed by atoms with E-state index in [1.54, 1.807) is 6.08 Å². The fourth-order valence-electron chi connectivity index (χ4n) is 2.98. The van der Waals surface area contributed by atoms with Crippen LogP contribution in [0, 0.1) is 0 Å². The second kappa shape index (κ2) is 15.4. The Balaban J connectivity index is 2.52. The highest BCUT2D eigenvalue weighted by atomic mass is 35.5. The van der Waals surface area contributed by atoms with Crippen LogP contribution in [0.15, 0.2) is 27.9 Å². The number of aryl methyl sites for hydroxylation is 1. The van der Waals surface area contributed by atoms with Gasteiger partial charge in [-0.1, -0.05) is 62.0 Å². The Labute approximate surface area is 192 Å². The summed E-state index contributed by atoms with van der Waals surface area (Å²) in [4.78, 5) is 5.22. The summed E-state index contributed by atoms with van der Waals surface area (Å²) in [6, 6.07) is 4.12. The molecular formula is C24H37Cl2NO3. The molecule has 0 aromatic heterocycles. The summed E-state index contributed by atoms with van der Waals surface area (Å²) < 4.78 is 12.2. The van der Waals surface area contributed by atoms with Crippen molar-refractivity contribution >= 4 is 28.9 Å². The lowest BCUT2D eigenvalue weighted by Gasteiger charge is -2.19. The van der Waals surface area contributed by atoms with Gasteiger partial charge in [0.1, 0.15) is 29.2 Å². The van der Waals surface area contributed by atoms with Crippen LogP contribution in [0.2, 0.25) is 0 Å². The lowest BCUT2D eigenvalue weighted by atomic mass is 9.97. The number of nitrogens with zero attached hydrogens (tertiary/aromatic N) is 1. The lowest BCUT2D eigenvalue weighted by Crippen LogP contribution is -2.06. The maximum atomic E-state index is 6.24. The molecule has 0 radical (unpaired) electrons. The molecule has 0 aliphatic rings. The summed E-state index contributed by atoms with van der Waals surface area (Å²) >= 11 is 11.3. The van der Waals surface area contributed by atoms with Gasteiger partial charge < -0.3 is 14.3 Å². The number of halogens is 2. The highest BCUT2D eigenvalue weighted by molar-refractivity contribution is 6.55. The largest absolute Gasteiger partial charge is 0.493 e. The van der Waals surface area contributed by atoms with Gasteiger partial charge in [0.2, 0.25) is 0 Å². The molecule has 1 aromatic carbocycles. The average molecular weight is 458 g/mol. The zero-order valence-corrected chi connectivity index (χ0v) is 20.6. The molecule has 1 aromatic rings. The van der Waals surface area contributed by atoms with E-state index in [0.29, 0.717) is 19.1 Å². The maximum Gasteiger partial charge on any atom is 0.126 e. The van der Waals surface area contributed by atoms with Crippen LogP contribution < -0.4 is 9.47 Å². The van der Waals surface area contributed by atoms with E-state index in [-0.39, 0.29) is 4.49 Å². The lowest BCUT2D eigenvalue weighted by molar-refractivity contribution is 0.139. The molecule has 0 saturated heterocycles. The van der Waals surface area contributed by atoms with Crippen LogP contribution in [0.25, 0.3) is 0 Å². The molecule has 0 bridgehead atoms. The first-order valence-corrected chi connectivity index (χ1v) is 11.7. The first kappa shape index (κ1) is 26.6. The van der Waals surface area contributed by atoms with Crippen LogP contribution in [0.1, 0.15) is 83.8 Å². The summed E-state index contributed by atoms with van der Waals surface area (Å²) in [5.74, 6) is 2.17. The number of rotatable bonds is 15. The van der Waals surface area contributed by atoms with Gasteiger partial charge in [0.05, 0.1) is 12.3 Å². The fraction of sp³-hybridized carbons (Fsp3) is 0.625. The molecule has 0 amide bonds. The van der Waals surface area contributed by atoms with Crippen molar-refractivity contribution in [3.8, 4) is 11.5 Å². The zero-order valence-electron chi connectivity index (χ0n) is 19.1. The van der Waals surface area contributed by atoms with E-state index in [9.17, 15) is 0 Å². The monoisotopic (exact) mass is 457 g/mol. The Morgan fingerprint density at radius 3 is 2.27 bits per heavy atom. The molecule has 30 heavy (non-hydrogen) atoms. The molecule has 0 N–H and O–H groups in total. The van der Waals surface area contributed by atoms with Crippen LogP contribution in [-0.2, 0) is 11.3 Å². The fourth-order valence-corrected chi connectivity index (χ4v) is 3.11. The molecule has 0 unspecified atom stereocenters. The summed E-state index contributed by atoms with van der Waals surface area (Å²) in [7, 11) is 0. The SMILES string of the molecule is CCc1cc(OCC=C(Cl)Cl)cc(C(C)C)c1OCCCCCCCON=C(C)C. The Kier molecular flexibility index (Phi) is 13.7. The highest BCUT2D eigenvalue weighted by Gasteiger charge is 2.15. The van der Waals surface area contributed by atoms with E-state index in [4.69, 9.17) is 37.5 Å². The van der Waals surface area contributed by atoms with E-state index < -0.39 is 0 Å². The van der Waals surface area contributed by atoms with E-state index in [2.05, 4.69) is 38.1 Å². The Hall–Kier alpha value is -1.39. The predicted molar refractivity (Wildman–Crippen MR) is 129 cm³/mol. The Morgan fingerprint density at radius 2 is 1.67 bits per heavy atom. The first-order chi connectivity index (χ1) is 14.3. The predicted octanol–water partition coefficient (Wildman–Crippen LogP) is 7.81. The average Bonchev–Trinajstić information content (AvgIpc) is 2.68. The van der Waals surface area contributed by atoms with Crippen LogP contribution >= 0.6 is 23.2 Å². The molecule has 0 aliphatic carbocycles. The Morgan fingerprint density at radius 1 is 1.00 bits per heavy atom. The van der Waals surface area contributed by atoms with Crippen LogP contribution in [0.4, 0.5) is 0 Å². The number of ether oxygens (including phenoxy) is 2. The third-order valence-corrected chi connectivity index (χ3v) is 4.84. The minimum absolute atomic E-state index is 0.215. The summed E-state index contributed by atoms with van der Waals surface area (Å²) in [6.07, 6.45) is 8.11. The normalized spacial score (nSPS) is 10.7. The van der Waals surface area contributed by atoms with Gasteiger partial charge in [-0.3, -0.25) is 0 Å². The van der Waals surface area contributed by atoms with Crippen molar-refractivity contribution in [1.29, 1.82) is 0 Å². The van der Waals surface area contributed by atoms with E-state index >= 15 is 0 Å². The van der Waals surface area contributed by atoms with Gasteiger partial charge in [0, 0.05) is 5.56 Å². The number of benzene rings is 1. The second-order valence-electron chi connectivity index (χ2n) is 7.80. The third kappa shape index (κ3) is 11.1. The molecule has 1 rings (SSSR count). The van der Waals surface area contributed by atoms with E-state index in [1.165, 1.54) is 17.5 Å². The van der Waals surface area contributed by atoms with Gasteiger partial charge in [0.15, 0.2) is 0 Å². The minimum Gasteiger partial charge on any atom is -0.493 e. The number of hydrogen-bond donors (Lipinski definition) is 0. The van der Waals surface area contributed by atoms with Crippen molar-refractivity contribution in [1.82, 2.24) is 0 Å². The number of hydrogen-bond acceptors (Lipinski definition) is 4. The third-order valence-electron chi connectivity index (χ3n) is 4.53. The topological polar surface area (TPSA) is 40.0 Å². The summed E-state index contributed by atoms with van der Waals surface area (Å²) in [5.41, 5.74) is 3.30. The van der Waals surface area contributed by atoms with Crippen LogP contribution in [-0.4, -0.2) is 25.5 Å². The molecule has 0 aliphatic heterocycles. The van der Waals surface area contributed by atoms with Gasteiger partial charge in [-0.2, -0.15) is 0 Å². The minimum atomic E-state index is 0.215. The highest BCUT2D eigenvalue weighted by Crippen LogP contribution is 2.35. The molecule has 0 atom stereocenters. The zero-order chi connectivity index (χ0) is 22.4. The van der Waals surface area contributed by atoms with Crippen LogP contribution in [0.3, 0.4) is 0 Å². The van der Waals surface area contributed by atoms with Gasteiger partial charge in [0.25, 0.3) is 0 Å². The van der Waals surface area contributed by atoms with E-state index in [1.807, 2.05) is 13.8 Å². The van der Waals surface area contributed by atoms with Gasteiger partial charge in [-0.25, -0.2) is 0 Å². The molecule has 6 heteroatoms. The number of oxime groups is 1. The maximum absolute atomic E-state index is 6.24. The van der Waals surface area contributed by atoms with Crippen molar-refractivity contribution < 1.29 is 14.3 Å². The van der Waals surface area contributed by atoms with Gasteiger partial charge in [-0.15, -0.1) is 0 Å². The first-order valence-electron chi connectivity index (χ1n) is 10.9. The van der Waals surface area contributed by atoms with Crippen LogP contribution in [0.5, 0.6) is 11.5 Å². The van der Waals surface area contributed by atoms with Crippen molar-refractivity contribution in [3.05, 3.63) is 33.8 Å². The summed E-state index contributed by atoms with van der Waals surface area (Å²) in [6.45, 7) is 12.1. The van der Waals surface area contributed by atoms with Crippen molar-refractivity contribution in [2.24, 2.45) is 5.16 Å². The second-order valence-corrected chi connectivity index (χ2v) is 8.81. The molecular weight excluding hydrogens is 421 g/mol. The molecule has 170 valence electrons. The van der Waals surface area contributed by atoms with Crippen molar-refractivity contribution in [2.75, 3.05) is 19.8 Å². The van der Waals surface area contributed by atoms with Crippen molar-refractivity contribution in [3.63, 3.8) is 0 Å². The molecule has 4 nitrogen and oxygen atoms in total. The molecule has 0 saturated carbocycles. The Bertz CT molecular complexity index is 679.